The van der Waals surface area contributed by atoms with E-state index in [4.69, 9.17) is 0 Å². The summed E-state index contributed by atoms with van der Waals surface area (Å²) in [5.74, 6) is 0. The van der Waals surface area contributed by atoms with Crippen molar-refractivity contribution in [2.75, 3.05) is 34.2 Å². The van der Waals surface area contributed by atoms with Gasteiger partial charge in [-0.25, -0.2) is 4.79 Å². The minimum Gasteiger partial charge on any atom is -0.338 e. The highest BCUT2D eigenvalue weighted by Gasteiger charge is 2.03. The van der Waals surface area contributed by atoms with Crippen LogP contribution in [0.15, 0.2) is 30.3 Å². The minimum absolute atomic E-state index is 0.0271. The fourth-order valence-electron chi connectivity index (χ4n) is 1.68. The van der Waals surface area contributed by atoms with Crippen LogP contribution in [0, 0.1) is 0 Å². The first-order valence-electron chi connectivity index (χ1n) is 6.27. The van der Waals surface area contributed by atoms with Gasteiger partial charge >= 0.3 is 6.03 Å². The van der Waals surface area contributed by atoms with E-state index in [1.165, 1.54) is 5.56 Å². The van der Waals surface area contributed by atoms with Crippen molar-refractivity contribution in [2.24, 2.45) is 0 Å². The molecule has 1 aromatic carbocycles. The molecule has 0 aliphatic carbocycles. The predicted octanol–water partition coefficient (Wildman–Crippen LogP) is 1.78. The van der Waals surface area contributed by atoms with Crippen molar-refractivity contribution in [2.45, 2.75) is 13.0 Å². The van der Waals surface area contributed by atoms with Crippen LogP contribution in [0.2, 0.25) is 0 Å². The van der Waals surface area contributed by atoms with Gasteiger partial charge < -0.3 is 15.1 Å². The van der Waals surface area contributed by atoms with E-state index in [-0.39, 0.29) is 6.03 Å². The maximum atomic E-state index is 11.3. The molecule has 0 radical (unpaired) electrons. The summed E-state index contributed by atoms with van der Waals surface area (Å²) in [6.07, 6.45) is 0.961. The smallest absolute Gasteiger partial charge is 0.316 e. The quantitative estimate of drug-likeness (QED) is 0.780. The zero-order valence-corrected chi connectivity index (χ0v) is 11.5. The van der Waals surface area contributed by atoms with Crippen molar-refractivity contribution in [1.82, 2.24) is 15.1 Å². The lowest BCUT2D eigenvalue weighted by Gasteiger charge is -2.17. The second kappa shape index (κ2) is 7.71. The van der Waals surface area contributed by atoms with Crippen LogP contribution >= 0.6 is 0 Å². The van der Waals surface area contributed by atoms with Gasteiger partial charge in [0.1, 0.15) is 0 Å². The Bertz CT molecular complexity index is 351. The number of nitrogens with one attached hydrogen (secondary N) is 1. The van der Waals surface area contributed by atoms with Crippen LogP contribution in [-0.4, -0.2) is 50.1 Å². The molecule has 0 spiro atoms. The highest BCUT2D eigenvalue weighted by Crippen LogP contribution is 2.02. The summed E-state index contributed by atoms with van der Waals surface area (Å²) in [6.45, 7) is 2.64. The van der Waals surface area contributed by atoms with Crippen molar-refractivity contribution in [1.29, 1.82) is 0 Å². The first kappa shape index (κ1) is 14.5. The third-order valence-electron chi connectivity index (χ3n) is 2.69. The van der Waals surface area contributed by atoms with Gasteiger partial charge in [-0.2, -0.15) is 0 Å². The van der Waals surface area contributed by atoms with E-state index in [1.807, 2.05) is 6.07 Å². The first-order valence-corrected chi connectivity index (χ1v) is 6.27. The van der Waals surface area contributed by atoms with Crippen LogP contribution in [0.3, 0.4) is 0 Å². The topological polar surface area (TPSA) is 35.6 Å². The summed E-state index contributed by atoms with van der Waals surface area (Å²) in [6, 6.07) is 10.4. The maximum absolute atomic E-state index is 11.3. The number of urea groups is 1. The Kier molecular flexibility index (Phi) is 6.22. The first-order chi connectivity index (χ1) is 8.59. The van der Waals surface area contributed by atoms with E-state index in [0.717, 1.165) is 26.1 Å². The third kappa shape index (κ3) is 5.68. The van der Waals surface area contributed by atoms with Crippen LogP contribution in [0.25, 0.3) is 0 Å². The van der Waals surface area contributed by atoms with Crippen LogP contribution in [0.5, 0.6) is 0 Å². The molecule has 18 heavy (non-hydrogen) atoms. The molecule has 0 aliphatic rings. The van der Waals surface area contributed by atoms with Gasteiger partial charge in [-0.1, -0.05) is 30.3 Å². The molecule has 0 aliphatic heterocycles. The summed E-state index contributed by atoms with van der Waals surface area (Å²) >= 11 is 0. The van der Waals surface area contributed by atoms with Gasteiger partial charge in [0.15, 0.2) is 0 Å². The lowest BCUT2D eigenvalue weighted by Crippen LogP contribution is -2.36. The Balaban J connectivity index is 2.14. The van der Waals surface area contributed by atoms with Crippen molar-refractivity contribution in [3.05, 3.63) is 35.9 Å². The van der Waals surface area contributed by atoms with Gasteiger partial charge in [0.05, 0.1) is 0 Å². The highest BCUT2D eigenvalue weighted by molar-refractivity contribution is 5.73. The van der Waals surface area contributed by atoms with Gasteiger partial charge in [-0.05, 0) is 25.6 Å². The molecule has 0 fully saturated rings. The number of hydrogen-bond acceptors (Lipinski definition) is 2. The second-order valence-corrected chi connectivity index (χ2v) is 4.70. The van der Waals surface area contributed by atoms with E-state index >= 15 is 0 Å². The highest BCUT2D eigenvalue weighted by atomic mass is 16.2. The van der Waals surface area contributed by atoms with E-state index in [0.29, 0.717) is 0 Å². The molecule has 1 aromatic rings. The number of hydrogen-bond donors (Lipinski definition) is 1. The number of benzene rings is 1. The molecule has 2 amide bonds. The van der Waals surface area contributed by atoms with E-state index < -0.39 is 0 Å². The van der Waals surface area contributed by atoms with Crippen LogP contribution in [0.4, 0.5) is 4.79 Å². The second-order valence-electron chi connectivity index (χ2n) is 4.70. The van der Waals surface area contributed by atoms with Crippen molar-refractivity contribution in [3.8, 4) is 0 Å². The standard InChI is InChI=1S/C14H23N3O/c1-16(2)14(18)15-10-7-11-17(3)12-13-8-5-4-6-9-13/h4-6,8-9H,7,10-12H2,1-3H3,(H,15,18). The summed E-state index contributed by atoms with van der Waals surface area (Å²) in [7, 11) is 5.59. The summed E-state index contributed by atoms with van der Waals surface area (Å²) in [5, 5.41) is 2.86. The molecule has 0 atom stereocenters. The fourth-order valence-corrected chi connectivity index (χ4v) is 1.68. The molecule has 1 N–H and O–H groups in total. The monoisotopic (exact) mass is 249 g/mol. The van der Waals surface area contributed by atoms with Gasteiger partial charge in [0.2, 0.25) is 0 Å². The molecule has 4 heteroatoms. The Hall–Kier alpha value is -1.55. The number of rotatable bonds is 6. The largest absolute Gasteiger partial charge is 0.338 e. The fraction of sp³-hybridized carbons (Fsp3) is 0.500. The number of carbonyl (C=O) groups is 1. The molecule has 0 unspecified atom stereocenters. The van der Waals surface area contributed by atoms with Gasteiger partial charge in [0.25, 0.3) is 0 Å². The zero-order chi connectivity index (χ0) is 13.4. The maximum Gasteiger partial charge on any atom is 0.316 e. The van der Waals surface area contributed by atoms with Crippen molar-refractivity contribution >= 4 is 6.03 Å². The molecular formula is C14H23N3O. The van der Waals surface area contributed by atoms with E-state index in [2.05, 4.69) is 41.5 Å². The Morgan fingerprint density at radius 2 is 1.83 bits per heavy atom. The Morgan fingerprint density at radius 3 is 2.44 bits per heavy atom. The number of amides is 2. The molecule has 0 saturated carbocycles. The molecule has 0 bridgehead atoms. The van der Waals surface area contributed by atoms with Crippen LogP contribution in [-0.2, 0) is 6.54 Å². The molecule has 100 valence electrons. The number of nitrogens with zero attached hydrogens (tertiary/aromatic N) is 2. The average Bonchev–Trinajstić information content (AvgIpc) is 2.35. The lowest BCUT2D eigenvalue weighted by atomic mass is 10.2. The third-order valence-corrected chi connectivity index (χ3v) is 2.69. The normalized spacial score (nSPS) is 10.4. The number of carbonyl (C=O) groups excluding carboxylic acids is 1. The Labute approximate surface area is 110 Å². The molecule has 1 rings (SSSR count). The van der Waals surface area contributed by atoms with Crippen molar-refractivity contribution < 1.29 is 4.79 Å². The summed E-state index contributed by atoms with van der Waals surface area (Å²) in [5.41, 5.74) is 1.32. The van der Waals surface area contributed by atoms with Gasteiger partial charge in [-0.3, -0.25) is 0 Å². The van der Waals surface area contributed by atoms with Gasteiger partial charge in [-0.15, -0.1) is 0 Å². The molecule has 4 nitrogen and oxygen atoms in total. The van der Waals surface area contributed by atoms with Crippen molar-refractivity contribution in [3.63, 3.8) is 0 Å². The van der Waals surface area contributed by atoms with E-state index in [1.54, 1.807) is 19.0 Å². The molecule has 0 saturated heterocycles. The molecule has 0 aromatic heterocycles. The van der Waals surface area contributed by atoms with Crippen LogP contribution < -0.4 is 5.32 Å². The average molecular weight is 249 g/mol. The summed E-state index contributed by atoms with van der Waals surface area (Å²) in [4.78, 5) is 15.1. The molecular weight excluding hydrogens is 226 g/mol. The van der Waals surface area contributed by atoms with E-state index in [9.17, 15) is 4.79 Å². The zero-order valence-electron chi connectivity index (χ0n) is 11.5. The Morgan fingerprint density at radius 1 is 1.17 bits per heavy atom. The predicted molar refractivity (Wildman–Crippen MR) is 74.5 cm³/mol. The van der Waals surface area contributed by atoms with Crippen LogP contribution in [0.1, 0.15) is 12.0 Å². The molecule has 0 heterocycles. The summed E-state index contributed by atoms with van der Waals surface area (Å²) < 4.78 is 0. The minimum atomic E-state index is -0.0271. The SMILES string of the molecule is CN(CCCNC(=O)N(C)C)Cc1ccccc1. The van der Waals surface area contributed by atoms with Gasteiger partial charge in [0, 0.05) is 27.2 Å². The lowest BCUT2D eigenvalue weighted by molar-refractivity contribution is 0.216.